The van der Waals surface area contributed by atoms with Gasteiger partial charge in [-0.1, -0.05) is 77.6 Å². The van der Waals surface area contributed by atoms with Gasteiger partial charge in [0.25, 0.3) is 0 Å². The zero-order chi connectivity index (χ0) is 31.9. The SMILES string of the molecule is CC(C)(C)c1cc(-c2cc(-c3nccc4sccc34)ncn2)[c-]c2ccccc12.CCC(CC)C(=O)/C=C(\O)C(CC)CC.[Ir]. The summed E-state index contributed by atoms with van der Waals surface area (Å²) in [6, 6.07) is 20.4. The summed E-state index contributed by atoms with van der Waals surface area (Å²) in [6.45, 7) is 14.8. The van der Waals surface area contributed by atoms with Crippen LogP contribution in [0.15, 0.2) is 78.3 Å². The van der Waals surface area contributed by atoms with Crippen molar-refractivity contribution in [1.82, 2.24) is 15.0 Å². The average molecular weight is 799 g/mol. The van der Waals surface area contributed by atoms with Gasteiger partial charge in [-0.05, 0) is 54.7 Å². The van der Waals surface area contributed by atoms with E-state index in [-0.39, 0.29) is 48.9 Å². The molecule has 239 valence electrons. The van der Waals surface area contributed by atoms with Crippen LogP contribution in [0.4, 0.5) is 0 Å². The van der Waals surface area contributed by atoms with Gasteiger partial charge < -0.3 is 5.11 Å². The van der Waals surface area contributed by atoms with Crippen molar-refractivity contribution in [2.45, 2.75) is 79.6 Å². The molecular weight excluding hydrogens is 755 g/mol. The molecule has 45 heavy (non-hydrogen) atoms. The van der Waals surface area contributed by atoms with Crippen LogP contribution >= 0.6 is 11.3 Å². The molecule has 0 atom stereocenters. The van der Waals surface area contributed by atoms with Crippen LogP contribution < -0.4 is 0 Å². The molecule has 2 aromatic carbocycles. The standard InChI is InChI=1S/C25H20N3S.C13H24O2.Ir/c1-25(2,3)20-13-17(12-16-6-4-5-7-18(16)20)21-14-22(28-15-27-21)24-19-9-11-29-23(19)8-10-26-24;1-5-10(6-2)12(14)9-13(15)11(7-3)8-4;/h4-11,13-15H,1-3H3;9-11,14H,5-8H2,1-4H3;/q-1;;/b;12-9-;. The molecular formula is C38H44IrN3O2S-. The first-order valence-corrected chi connectivity index (χ1v) is 16.5. The number of aliphatic hydroxyl groups excluding tert-OH is 1. The molecule has 0 aliphatic rings. The number of allylic oxidation sites excluding steroid dienone is 2. The summed E-state index contributed by atoms with van der Waals surface area (Å²) in [5.41, 5.74) is 4.88. The Labute approximate surface area is 285 Å². The van der Waals surface area contributed by atoms with E-state index >= 15 is 0 Å². The Bertz CT molecular complexity index is 1750. The van der Waals surface area contributed by atoms with Crippen LogP contribution in [0, 0.1) is 17.9 Å². The number of benzene rings is 2. The van der Waals surface area contributed by atoms with Crippen molar-refractivity contribution in [2.75, 3.05) is 0 Å². The van der Waals surface area contributed by atoms with Crippen molar-refractivity contribution in [3.8, 4) is 22.6 Å². The van der Waals surface area contributed by atoms with Crippen LogP contribution in [0.2, 0.25) is 0 Å². The van der Waals surface area contributed by atoms with E-state index in [0.717, 1.165) is 59.1 Å². The Balaban J connectivity index is 0.000000297. The summed E-state index contributed by atoms with van der Waals surface area (Å²) < 4.78 is 1.21. The van der Waals surface area contributed by atoms with E-state index in [1.807, 2.05) is 46.0 Å². The van der Waals surface area contributed by atoms with Crippen molar-refractivity contribution in [3.05, 3.63) is 89.9 Å². The first-order chi connectivity index (χ1) is 21.1. The minimum Gasteiger partial charge on any atom is -0.512 e. The molecule has 0 amide bonds. The summed E-state index contributed by atoms with van der Waals surface area (Å²) in [7, 11) is 0. The molecule has 1 N–H and O–H groups in total. The predicted octanol–water partition coefficient (Wildman–Crippen LogP) is 10.5. The smallest absolute Gasteiger partial charge is 0.162 e. The van der Waals surface area contributed by atoms with E-state index in [2.05, 4.69) is 83.6 Å². The number of ketones is 1. The van der Waals surface area contributed by atoms with Crippen LogP contribution in [-0.2, 0) is 30.3 Å². The van der Waals surface area contributed by atoms with Gasteiger partial charge in [-0.2, -0.15) is 0 Å². The third kappa shape index (κ3) is 8.72. The number of fused-ring (bicyclic) bond motifs is 2. The molecule has 0 saturated carbocycles. The molecule has 0 aliphatic heterocycles. The van der Waals surface area contributed by atoms with Crippen LogP contribution in [0.25, 0.3) is 43.5 Å². The quantitative estimate of drug-likeness (QED) is 0.0913. The molecule has 3 aromatic heterocycles. The molecule has 0 saturated heterocycles. The Kier molecular flexibility index (Phi) is 13.2. The fourth-order valence-electron chi connectivity index (χ4n) is 5.50. The number of hydrogen-bond donors (Lipinski definition) is 1. The van der Waals surface area contributed by atoms with E-state index in [4.69, 9.17) is 0 Å². The van der Waals surface area contributed by atoms with Gasteiger partial charge in [-0.25, -0.2) is 4.98 Å². The summed E-state index contributed by atoms with van der Waals surface area (Å²) >= 11 is 1.71. The fraction of sp³-hybridized carbons (Fsp3) is 0.368. The first-order valence-electron chi connectivity index (χ1n) is 15.7. The molecule has 0 bridgehead atoms. The zero-order valence-electron chi connectivity index (χ0n) is 27.4. The van der Waals surface area contributed by atoms with Gasteiger partial charge in [0.05, 0.1) is 17.1 Å². The number of aromatic nitrogens is 3. The van der Waals surface area contributed by atoms with Crippen molar-refractivity contribution >= 4 is 38.0 Å². The van der Waals surface area contributed by atoms with E-state index in [1.165, 1.54) is 21.7 Å². The minimum atomic E-state index is 0. The predicted molar refractivity (Wildman–Crippen MR) is 185 cm³/mol. The van der Waals surface area contributed by atoms with Gasteiger partial charge in [-0.15, -0.1) is 40.5 Å². The van der Waals surface area contributed by atoms with Crippen molar-refractivity contribution in [2.24, 2.45) is 11.8 Å². The number of pyridine rings is 1. The number of aliphatic hydroxyl groups is 1. The third-order valence-electron chi connectivity index (χ3n) is 8.23. The summed E-state index contributed by atoms with van der Waals surface area (Å²) in [4.78, 5) is 25.4. The molecule has 0 unspecified atom stereocenters. The number of rotatable bonds is 9. The molecule has 7 heteroatoms. The van der Waals surface area contributed by atoms with Crippen LogP contribution in [0.3, 0.4) is 0 Å². The second kappa shape index (κ2) is 16.4. The van der Waals surface area contributed by atoms with Crippen LogP contribution in [0.1, 0.15) is 79.7 Å². The number of nitrogens with zero attached hydrogens (tertiary/aromatic N) is 3. The first kappa shape index (κ1) is 36.2. The summed E-state index contributed by atoms with van der Waals surface area (Å²) in [6.07, 6.45) is 8.37. The topological polar surface area (TPSA) is 76.0 Å². The number of carbonyl (C=O) groups is 1. The molecule has 5 aromatic rings. The molecule has 3 heterocycles. The van der Waals surface area contributed by atoms with Crippen molar-refractivity contribution in [1.29, 1.82) is 0 Å². The summed E-state index contributed by atoms with van der Waals surface area (Å²) in [5.74, 6) is 0.547. The van der Waals surface area contributed by atoms with Crippen LogP contribution in [-0.4, -0.2) is 25.8 Å². The average Bonchev–Trinajstić information content (AvgIpc) is 3.51. The van der Waals surface area contributed by atoms with Gasteiger partial charge in [0, 0.05) is 60.0 Å². The van der Waals surface area contributed by atoms with Crippen molar-refractivity contribution < 1.29 is 30.0 Å². The van der Waals surface area contributed by atoms with Gasteiger partial charge in [0.1, 0.15) is 6.33 Å². The number of hydrogen-bond acceptors (Lipinski definition) is 6. The van der Waals surface area contributed by atoms with Crippen LogP contribution in [0.5, 0.6) is 0 Å². The number of carbonyl (C=O) groups excluding carboxylic acids is 1. The molecule has 5 rings (SSSR count). The minimum absolute atomic E-state index is 0. The Hall–Kier alpha value is -3.25. The summed E-state index contributed by atoms with van der Waals surface area (Å²) in [5, 5.41) is 15.3. The van der Waals surface area contributed by atoms with Gasteiger partial charge >= 0.3 is 0 Å². The van der Waals surface area contributed by atoms with Crippen molar-refractivity contribution in [3.63, 3.8) is 0 Å². The van der Waals surface area contributed by atoms with E-state index in [9.17, 15) is 9.90 Å². The number of thiophene rings is 1. The fourth-order valence-corrected chi connectivity index (χ4v) is 6.28. The molecule has 1 radical (unpaired) electrons. The Morgan fingerprint density at radius 3 is 2.22 bits per heavy atom. The molecule has 0 spiro atoms. The third-order valence-corrected chi connectivity index (χ3v) is 9.11. The van der Waals surface area contributed by atoms with E-state index < -0.39 is 0 Å². The maximum absolute atomic E-state index is 11.7. The van der Waals surface area contributed by atoms with Gasteiger partial charge in [0.15, 0.2) is 5.78 Å². The van der Waals surface area contributed by atoms with E-state index in [1.54, 1.807) is 17.7 Å². The molecule has 0 aliphatic carbocycles. The second-order valence-electron chi connectivity index (χ2n) is 12.2. The molecule has 0 fully saturated rings. The monoisotopic (exact) mass is 799 g/mol. The normalized spacial score (nSPS) is 11.9. The largest absolute Gasteiger partial charge is 0.512 e. The Morgan fingerprint density at radius 2 is 1.56 bits per heavy atom. The molecule has 5 nitrogen and oxygen atoms in total. The maximum atomic E-state index is 11.7. The Morgan fingerprint density at radius 1 is 0.889 bits per heavy atom. The van der Waals surface area contributed by atoms with Gasteiger partial charge in [0.2, 0.25) is 0 Å². The van der Waals surface area contributed by atoms with E-state index in [0.29, 0.717) is 0 Å². The zero-order valence-corrected chi connectivity index (χ0v) is 30.6. The van der Waals surface area contributed by atoms with Gasteiger partial charge in [-0.3, -0.25) is 14.8 Å². The maximum Gasteiger partial charge on any atom is 0.162 e. The second-order valence-corrected chi connectivity index (χ2v) is 13.1.